The van der Waals surface area contributed by atoms with Crippen LogP contribution in [0.4, 0.5) is 15.9 Å². The highest BCUT2D eigenvalue weighted by Crippen LogP contribution is 2.26. The van der Waals surface area contributed by atoms with E-state index in [1.165, 1.54) is 12.1 Å². The molecule has 0 spiro atoms. The molecule has 0 aliphatic rings. The second-order valence-corrected chi connectivity index (χ2v) is 9.33. The lowest BCUT2D eigenvalue weighted by molar-refractivity contribution is 0.0985. The molecule has 1 atom stereocenters. The van der Waals surface area contributed by atoms with Gasteiger partial charge < -0.3 is 10.2 Å². The first-order valence-corrected chi connectivity index (χ1v) is 12.4. The molecule has 37 heavy (non-hydrogen) atoms. The minimum atomic E-state index is -0.317. The van der Waals surface area contributed by atoms with Crippen molar-refractivity contribution >= 4 is 39.8 Å². The van der Waals surface area contributed by atoms with E-state index in [-0.39, 0.29) is 24.3 Å². The van der Waals surface area contributed by atoms with Crippen molar-refractivity contribution in [1.29, 1.82) is 0 Å². The smallest absolute Gasteiger partial charge is 0.258 e. The molecule has 0 aliphatic heterocycles. The van der Waals surface area contributed by atoms with Crippen molar-refractivity contribution in [3.8, 4) is 0 Å². The molecule has 0 aliphatic carbocycles. The average molecular weight is 510 g/mol. The molecule has 5 aromatic rings. The fourth-order valence-electron chi connectivity index (χ4n) is 4.25. The van der Waals surface area contributed by atoms with Crippen LogP contribution >= 0.6 is 11.6 Å². The number of nitrogens with one attached hydrogen (secondary N) is 1. The van der Waals surface area contributed by atoms with E-state index in [2.05, 4.69) is 10.3 Å². The minimum absolute atomic E-state index is 0.0262. The van der Waals surface area contributed by atoms with Gasteiger partial charge in [0, 0.05) is 34.6 Å². The molecule has 0 radical (unpaired) electrons. The first-order chi connectivity index (χ1) is 18.0. The Kier molecular flexibility index (Phi) is 7.15. The van der Waals surface area contributed by atoms with Crippen LogP contribution in [0.3, 0.4) is 0 Å². The van der Waals surface area contributed by atoms with Crippen molar-refractivity contribution in [2.45, 2.75) is 19.5 Å². The lowest BCUT2D eigenvalue weighted by atomic mass is 10.1. The number of halogens is 2. The van der Waals surface area contributed by atoms with Crippen LogP contribution in [0.25, 0.3) is 10.8 Å². The number of pyridine rings is 1. The highest BCUT2D eigenvalue weighted by molar-refractivity contribution is 6.30. The zero-order valence-electron chi connectivity index (χ0n) is 20.2. The molecular weight excluding hydrogens is 485 g/mol. The van der Waals surface area contributed by atoms with Gasteiger partial charge in [-0.2, -0.15) is 0 Å². The Morgan fingerprint density at radius 3 is 2.41 bits per heavy atom. The number of aromatic nitrogens is 1. The van der Waals surface area contributed by atoms with Crippen LogP contribution in [0, 0.1) is 5.82 Å². The summed E-state index contributed by atoms with van der Waals surface area (Å²) in [6, 6.07) is 31.1. The maximum atomic E-state index is 13.8. The van der Waals surface area contributed by atoms with Crippen LogP contribution in [0.2, 0.25) is 5.02 Å². The van der Waals surface area contributed by atoms with Crippen molar-refractivity contribution in [2.75, 3.05) is 10.2 Å². The van der Waals surface area contributed by atoms with E-state index in [9.17, 15) is 9.18 Å². The molecule has 0 saturated heterocycles. The van der Waals surface area contributed by atoms with Crippen molar-refractivity contribution in [2.24, 2.45) is 0 Å². The van der Waals surface area contributed by atoms with Gasteiger partial charge in [0.1, 0.15) is 11.6 Å². The van der Waals surface area contributed by atoms with E-state index in [0.29, 0.717) is 22.1 Å². The largest absolute Gasteiger partial charge is 0.363 e. The van der Waals surface area contributed by atoms with Gasteiger partial charge in [-0.3, -0.25) is 4.79 Å². The fraction of sp³-hybridized carbons (Fsp3) is 0.0968. The van der Waals surface area contributed by atoms with Gasteiger partial charge in [-0.05, 0) is 71.3 Å². The molecule has 1 aromatic heterocycles. The number of anilines is 2. The molecule has 5 rings (SSSR count). The van der Waals surface area contributed by atoms with Crippen LogP contribution in [0.15, 0.2) is 109 Å². The Labute approximate surface area is 220 Å². The second-order valence-electron chi connectivity index (χ2n) is 8.90. The van der Waals surface area contributed by atoms with Gasteiger partial charge in [0.25, 0.3) is 5.91 Å². The van der Waals surface area contributed by atoms with E-state index in [4.69, 9.17) is 11.6 Å². The van der Waals surface area contributed by atoms with Gasteiger partial charge in [-0.15, -0.1) is 0 Å². The van der Waals surface area contributed by atoms with Crippen molar-refractivity contribution in [3.05, 3.63) is 137 Å². The molecular formula is C31H25ClFN3O. The quantitative estimate of drug-likeness (QED) is 0.241. The van der Waals surface area contributed by atoms with Crippen LogP contribution < -0.4 is 10.2 Å². The Morgan fingerprint density at radius 1 is 0.919 bits per heavy atom. The van der Waals surface area contributed by atoms with E-state index in [1.54, 1.807) is 29.3 Å². The summed E-state index contributed by atoms with van der Waals surface area (Å²) in [7, 11) is 0. The number of amides is 1. The van der Waals surface area contributed by atoms with Gasteiger partial charge in [0.05, 0.1) is 6.54 Å². The summed E-state index contributed by atoms with van der Waals surface area (Å²) in [6.45, 7) is 2.32. The van der Waals surface area contributed by atoms with E-state index in [0.717, 1.165) is 21.9 Å². The van der Waals surface area contributed by atoms with E-state index in [1.807, 2.05) is 79.7 Å². The Bertz CT molecular complexity index is 1540. The molecule has 6 heteroatoms. The number of rotatable bonds is 7. The fourth-order valence-corrected chi connectivity index (χ4v) is 4.38. The van der Waals surface area contributed by atoms with E-state index < -0.39 is 0 Å². The Hall–Kier alpha value is -4.22. The predicted molar refractivity (Wildman–Crippen MR) is 149 cm³/mol. The molecule has 1 heterocycles. The number of hydrogen-bond acceptors (Lipinski definition) is 3. The SMILES string of the molecule is CC(Nc1cc(N(Cc2ccc(F)cc2)C(=O)c2ccc3ccccc3c2)ccn1)c1ccc(Cl)cc1. The third-order valence-corrected chi connectivity index (χ3v) is 6.54. The highest BCUT2D eigenvalue weighted by atomic mass is 35.5. The Morgan fingerprint density at radius 2 is 1.65 bits per heavy atom. The topological polar surface area (TPSA) is 45.2 Å². The number of hydrogen-bond donors (Lipinski definition) is 1. The van der Waals surface area contributed by atoms with Crippen LogP contribution in [0.5, 0.6) is 0 Å². The number of nitrogens with zero attached hydrogens (tertiary/aromatic N) is 2. The summed E-state index contributed by atoms with van der Waals surface area (Å²) in [6.07, 6.45) is 1.68. The van der Waals surface area contributed by atoms with Crippen LogP contribution in [-0.4, -0.2) is 10.9 Å². The maximum absolute atomic E-state index is 13.8. The summed E-state index contributed by atoms with van der Waals surface area (Å²) in [5.41, 5.74) is 3.13. The molecule has 0 bridgehead atoms. The normalized spacial score (nSPS) is 11.8. The zero-order valence-corrected chi connectivity index (χ0v) is 21.0. The van der Waals surface area contributed by atoms with Crippen molar-refractivity contribution < 1.29 is 9.18 Å². The standard InChI is InChI=1S/C31H25ClFN3O/c1-21(23-10-12-27(32)13-11-23)35-30-19-29(16-17-34-30)36(20-22-6-14-28(33)15-7-22)31(37)26-9-8-24-4-2-3-5-25(24)18-26/h2-19,21H,20H2,1H3,(H,34,35). The molecule has 184 valence electrons. The average Bonchev–Trinajstić information content (AvgIpc) is 2.92. The third kappa shape index (κ3) is 5.79. The minimum Gasteiger partial charge on any atom is -0.363 e. The van der Waals surface area contributed by atoms with Crippen LogP contribution in [-0.2, 0) is 6.54 Å². The Balaban J connectivity index is 1.47. The zero-order chi connectivity index (χ0) is 25.8. The number of carbonyl (C=O) groups is 1. The van der Waals surface area contributed by atoms with Gasteiger partial charge in [0.15, 0.2) is 0 Å². The van der Waals surface area contributed by atoms with Gasteiger partial charge in [0.2, 0.25) is 0 Å². The lowest BCUT2D eigenvalue weighted by Crippen LogP contribution is -2.30. The molecule has 4 nitrogen and oxygen atoms in total. The summed E-state index contributed by atoms with van der Waals surface area (Å²) >= 11 is 6.03. The van der Waals surface area contributed by atoms with Crippen LogP contribution in [0.1, 0.15) is 34.5 Å². The monoisotopic (exact) mass is 509 g/mol. The molecule has 1 unspecified atom stereocenters. The first-order valence-electron chi connectivity index (χ1n) is 12.0. The summed E-state index contributed by atoms with van der Waals surface area (Å²) in [5.74, 6) is 0.163. The summed E-state index contributed by atoms with van der Waals surface area (Å²) in [5, 5.41) is 6.14. The van der Waals surface area contributed by atoms with Gasteiger partial charge in [-0.1, -0.05) is 66.2 Å². The summed E-state index contributed by atoms with van der Waals surface area (Å²) in [4.78, 5) is 20.0. The van der Waals surface area contributed by atoms with E-state index >= 15 is 0 Å². The predicted octanol–water partition coefficient (Wildman–Crippen LogP) is 8.05. The molecule has 0 fully saturated rings. The highest BCUT2D eigenvalue weighted by Gasteiger charge is 2.20. The van der Waals surface area contributed by atoms with Gasteiger partial charge in [-0.25, -0.2) is 9.37 Å². The third-order valence-electron chi connectivity index (χ3n) is 6.29. The molecule has 4 aromatic carbocycles. The summed E-state index contributed by atoms with van der Waals surface area (Å²) < 4.78 is 13.6. The number of carbonyl (C=O) groups excluding carboxylic acids is 1. The van der Waals surface area contributed by atoms with Gasteiger partial charge >= 0.3 is 0 Å². The molecule has 0 saturated carbocycles. The number of benzene rings is 4. The van der Waals surface area contributed by atoms with Crippen molar-refractivity contribution in [3.63, 3.8) is 0 Å². The maximum Gasteiger partial charge on any atom is 0.258 e. The number of fused-ring (bicyclic) bond motifs is 1. The second kappa shape index (κ2) is 10.8. The van der Waals surface area contributed by atoms with Crippen molar-refractivity contribution in [1.82, 2.24) is 4.98 Å². The first kappa shape index (κ1) is 24.5. The molecule has 1 N–H and O–H groups in total. The lowest BCUT2D eigenvalue weighted by Gasteiger charge is -2.24. The molecule has 1 amide bonds.